The van der Waals surface area contributed by atoms with Gasteiger partial charge in [0, 0.05) is 18.9 Å². The molecule has 0 bridgehead atoms. The Hall–Kier alpha value is -2.00. The molecule has 0 amide bonds. The van der Waals surface area contributed by atoms with E-state index in [-0.39, 0.29) is 28.2 Å². The Morgan fingerprint density at radius 3 is 1.81 bits per heavy atom. The molecule has 1 saturated carbocycles. The lowest BCUT2D eigenvalue weighted by molar-refractivity contribution is -0.132. The number of hydrogen-bond acceptors (Lipinski definition) is 4. The molecule has 2 aromatic carbocycles. The van der Waals surface area contributed by atoms with Gasteiger partial charge in [-0.1, -0.05) is 109 Å². The van der Waals surface area contributed by atoms with Crippen molar-refractivity contribution >= 4 is 33.5 Å². The second-order valence-electron chi connectivity index (χ2n) is 12.5. The predicted molar refractivity (Wildman–Crippen MR) is 154 cm³/mol. The van der Waals surface area contributed by atoms with Gasteiger partial charge in [-0.15, -0.1) is 0 Å². The third kappa shape index (κ3) is 5.62. The molecule has 0 heterocycles. The van der Waals surface area contributed by atoms with Gasteiger partial charge < -0.3 is 13.6 Å². The highest BCUT2D eigenvalue weighted by molar-refractivity contribution is 6.99. The summed E-state index contributed by atoms with van der Waals surface area (Å²) in [6.07, 6.45) is 0.0606. The lowest BCUT2D eigenvalue weighted by atomic mass is 10.0. The van der Waals surface area contributed by atoms with Gasteiger partial charge in [-0.05, 0) is 39.1 Å². The molecule has 0 N–H and O–H groups in total. The van der Waals surface area contributed by atoms with Crippen LogP contribution in [0.25, 0.3) is 0 Å². The molecule has 0 aromatic heterocycles. The molecule has 6 heteroatoms. The zero-order valence-electron chi connectivity index (χ0n) is 23.3. The Balaban J connectivity index is 2.08. The average molecular weight is 525 g/mol. The van der Waals surface area contributed by atoms with E-state index in [1.165, 1.54) is 10.4 Å². The van der Waals surface area contributed by atoms with Crippen LogP contribution in [0.2, 0.25) is 23.2 Å². The summed E-state index contributed by atoms with van der Waals surface area (Å²) in [5.41, 5.74) is 0.892. The van der Waals surface area contributed by atoms with Crippen molar-refractivity contribution in [1.82, 2.24) is 0 Å². The molecule has 196 valence electrons. The molecular weight excluding hydrogens is 480 g/mol. The van der Waals surface area contributed by atoms with Crippen molar-refractivity contribution in [2.24, 2.45) is 5.92 Å². The fourth-order valence-corrected chi connectivity index (χ4v) is 10.8. The van der Waals surface area contributed by atoms with E-state index in [1.807, 2.05) is 0 Å². The van der Waals surface area contributed by atoms with Gasteiger partial charge in [0.1, 0.15) is 6.10 Å². The van der Waals surface area contributed by atoms with Crippen LogP contribution in [0.5, 0.6) is 0 Å². The van der Waals surface area contributed by atoms with Gasteiger partial charge in [0.2, 0.25) is 0 Å². The molecule has 0 radical (unpaired) electrons. The summed E-state index contributed by atoms with van der Waals surface area (Å²) in [6.45, 7) is 23.6. The van der Waals surface area contributed by atoms with E-state index in [4.69, 9.17) is 13.6 Å². The molecular formula is C30H44O4Si2. The predicted octanol–water partition coefficient (Wildman–Crippen LogP) is 6.07. The molecule has 1 fully saturated rings. The second kappa shape index (κ2) is 10.8. The van der Waals surface area contributed by atoms with E-state index < -0.39 is 16.6 Å². The van der Waals surface area contributed by atoms with Crippen molar-refractivity contribution in [1.29, 1.82) is 0 Å². The number of carbonyl (C=O) groups is 1. The Morgan fingerprint density at radius 2 is 1.39 bits per heavy atom. The number of ether oxygens (including phenoxy) is 1. The zero-order valence-corrected chi connectivity index (χ0v) is 25.3. The van der Waals surface area contributed by atoms with Gasteiger partial charge in [0.15, 0.2) is 8.32 Å². The minimum absolute atomic E-state index is 0.0503. The molecule has 3 rings (SSSR count). The quantitative estimate of drug-likeness (QED) is 0.227. The maximum absolute atomic E-state index is 11.3. The normalized spacial score (nSPS) is 21.4. The molecule has 0 saturated heterocycles. The molecule has 3 unspecified atom stereocenters. The van der Waals surface area contributed by atoms with Gasteiger partial charge >= 0.3 is 0 Å². The Bertz CT molecular complexity index is 983. The molecule has 3 atom stereocenters. The highest BCUT2D eigenvalue weighted by atomic mass is 28.4. The van der Waals surface area contributed by atoms with Crippen molar-refractivity contribution in [3.8, 4) is 0 Å². The van der Waals surface area contributed by atoms with Crippen molar-refractivity contribution in [2.75, 3.05) is 6.61 Å². The largest absolute Gasteiger partial charge is 0.460 e. The smallest absolute Gasteiger partial charge is 0.293 e. The van der Waals surface area contributed by atoms with Crippen LogP contribution in [0.4, 0.5) is 0 Å². The Morgan fingerprint density at radius 1 is 0.889 bits per heavy atom. The average Bonchev–Trinajstić information content (AvgIpc) is 3.10. The van der Waals surface area contributed by atoms with Crippen LogP contribution >= 0.6 is 0 Å². The standard InChI is InChI=1S/C30H44O4Si2/c1-23-26(21-33-35(8,9)29(2,3)4)28(20-27(23)32-22-31)34-36(30(5,6)7,24-16-12-10-13-17-24)25-18-14-11-15-19-25/h10-19,22,26-28H,1,20-21H2,2-9H3. The highest BCUT2D eigenvalue weighted by Gasteiger charge is 2.54. The molecule has 4 nitrogen and oxygen atoms in total. The van der Waals surface area contributed by atoms with Crippen molar-refractivity contribution in [2.45, 2.75) is 83.3 Å². The summed E-state index contributed by atoms with van der Waals surface area (Å²) in [5.74, 6) is -0.0503. The zero-order chi connectivity index (χ0) is 26.8. The third-order valence-electron chi connectivity index (χ3n) is 8.18. The molecule has 0 spiro atoms. The van der Waals surface area contributed by atoms with Crippen LogP contribution in [0.1, 0.15) is 48.0 Å². The third-order valence-corrected chi connectivity index (χ3v) is 17.7. The van der Waals surface area contributed by atoms with Gasteiger partial charge in [0.25, 0.3) is 14.8 Å². The van der Waals surface area contributed by atoms with E-state index in [0.29, 0.717) is 19.5 Å². The Kier molecular flexibility index (Phi) is 8.55. The first-order valence-electron chi connectivity index (χ1n) is 13.0. The minimum Gasteiger partial charge on any atom is -0.460 e. The van der Waals surface area contributed by atoms with Crippen LogP contribution < -0.4 is 10.4 Å². The van der Waals surface area contributed by atoms with E-state index in [1.54, 1.807) is 0 Å². The topological polar surface area (TPSA) is 44.8 Å². The first kappa shape index (κ1) is 28.6. The number of carbonyl (C=O) groups excluding carboxylic acids is 1. The summed E-state index contributed by atoms with van der Waals surface area (Å²) >= 11 is 0. The lowest BCUT2D eigenvalue weighted by Gasteiger charge is -2.46. The monoisotopic (exact) mass is 524 g/mol. The SMILES string of the molecule is C=C1C(OC=O)CC(O[Si](c2ccccc2)(c2ccccc2)C(C)(C)C)C1CO[Si](C)(C)C(C)(C)C. The Labute approximate surface area is 220 Å². The van der Waals surface area contributed by atoms with Crippen LogP contribution in [-0.2, 0) is 18.4 Å². The summed E-state index contributed by atoms with van der Waals surface area (Å²) in [6, 6.07) is 21.3. The number of hydrogen-bond donors (Lipinski definition) is 0. The number of benzene rings is 2. The van der Waals surface area contributed by atoms with Crippen molar-refractivity contribution in [3.05, 3.63) is 72.8 Å². The van der Waals surface area contributed by atoms with Gasteiger partial charge in [-0.3, -0.25) is 4.79 Å². The van der Waals surface area contributed by atoms with Crippen LogP contribution in [-0.4, -0.2) is 41.9 Å². The van der Waals surface area contributed by atoms with Crippen LogP contribution in [0.15, 0.2) is 72.8 Å². The van der Waals surface area contributed by atoms with E-state index >= 15 is 0 Å². The summed E-state index contributed by atoms with van der Waals surface area (Å²) in [7, 11) is -4.77. The van der Waals surface area contributed by atoms with Crippen molar-refractivity contribution in [3.63, 3.8) is 0 Å². The molecule has 1 aliphatic rings. The van der Waals surface area contributed by atoms with Gasteiger partial charge in [-0.25, -0.2) is 0 Å². The van der Waals surface area contributed by atoms with E-state index in [2.05, 4.69) is 122 Å². The first-order chi connectivity index (χ1) is 16.7. The maximum atomic E-state index is 11.3. The van der Waals surface area contributed by atoms with Crippen LogP contribution in [0.3, 0.4) is 0 Å². The highest BCUT2D eigenvalue weighted by Crippen LogP contribution is 2.44. The first-order valence-corrected chi connectivity index (χ1v) is 17.8. The maximum Gasteiger partial charge on any atom is 0.293 e. The molecule has 1 aliphatic carbocycles. The summed E-state index contributed by atoms with van der Waals surface area (Å²) in [5, 5.41) is 2.42. The summed E-state index contributed by atoms with van der Waals surface area (Å²) in [4.78, 5) is 11.3. The molecule has 0 aliphatic heterocycles. The fraction of sp³-hybridized carbons (Fsp3) is 0.500. The summed E-state index contributed by atoms with van der Waals surface area (Å²) < 4.78 is 19.6. The van der Waals surface area contributed by atoms with E-state index in [9.17, 15) is 4.79 Å². The van der Waals surface area contributed by atoms with Gasteiger partial charge in [0.05, 0.1) is 6.10 Å². The van der Waals surface area contributed by atoms with E-state index in [0.717, 1.165) is 5.57 Å². The number of rotatable bonds is 9. The minimum atomic E-state index is -2.78. The molecule has 2 aromatic rings. The van der Waals surface area contributed by atoms with Gasteiger partial charge in [-0.2, -0.15) is 0 Å². The lowest BCUT2D eigenvalue weighted by Crippen LogP contribution is -2.68. The van der Waals surface area contributed by atoms with Crippen molar-refractivity contribution < 1.29 is 18.4 Å². The molecule has 36 heavy (non-hydrogen) atoms. The van der Waals surface area contributed by atoms with Crippen LogP contribution in [0, 0.1) is 5.92 Å². The fourth-order valence-electron chi connectivity index (χ4n) is 4.99. The second-order valence-corrected chi connectivity index (χ2v) is 21.6.